The van der Waals surface area contributed by atoms with Crippen molar-refractivity contribution in [3.8, 4) is 5.75 Å². The van der Waals surface area contributed by atoms with Crippen molar-refractivity contribution in [2.24, 2.45) is 0 Å². The molecule has 1 heterocycles. The van der Waals surface area contributed by atoms with Gasteiger partial charge in [0.05, 0.1) is 20.4 Å². The summed E-state index contributed by atoms with van der Waals surface area (Å²) in [5.74, 6) is 0.377. The molecular formula is C21H17Br2NO3S. The lowest BCUT2D eigenvalue weighted by Crippen LogP contribution is -2.27. The number of hydrogen-bond donors (Lipinski definition) is 0. The number of rotatable bonds is 6. The smallest absolute Gasteiger partial charge is 0.293 e. The van der Waals surface area contributed by atoms with Crippen molar-refractivity contribution >= 4 is 60.8 Å². The molecule has 2 aromatic rings. The fourth-order valence-electron chi connectivity index (χ4n) is 2.69. The van der Waals surface area contributed by atoms with Crippen molar-refractivity contribution in [3.05, 3.63) is 79.6 Å². The molecule has 0 N–H and O–H groups in total. The van der Waals surface area contributed by atoms with Crippen LogP contribution in [0.1, 0.15) is 16.7 Å². The zero-order valence-electron chi connectivity index (χ0n) is 15.1. The van der Waals surface area contributed by atoms with E-state index in [0.717, 1.165) is 37.4 Å². The minimum absolute atomic E-state index is 0.261. The van der Waals surface area contributed by atoms with Gasteiger partial charge in [0.15, 0.2) is 0 Å². The number of imide groups is 1. The third-order valence-electron chi connectivity index (χ3n) is 4.13. The number of thioether (sulfide) groups is 1. The van der Waals surface area contributed by atoms with Crippen LogP contribution in [0.15, 0.2) is 62.9 Å². The molecule has 1 aliphatic rings. The van der Waals surface area contributed by atoms with Gasteiger partial charge in [-0.05, 0) is 85.4 Å². The van der Waals surface area contributed by atoms with Crippen molar-refractivity contribution < 1.29 is 14.3 Å². The van der Waals surface area contributed by atoms with E-state index < -0.39 is 0 Å². The Morgan fingerprint density at radius 3 is 2.50 bits per heavy atom. The quantitative estimate of drug-likeness (QED) is 0.329. The molecule has 3 rings (SSSR count). The van der Waals surface area contributed by atoms with Crippen LogP contribution in [0.4, 0.5) is 4.79 Å². The minimum atomic E-state index is -0.280. The number of ether oxygens (including phenoxy) is 1. The zero-order chi connectivity index (χ0) is 20.3. The molecule has 1 aliphatic heterocycles. The molecule has 1 saturated heterocycles. The lowest BCUT2D eigenvalue weighted by Gasteiger charge is -2.14. The van der Waals surface area contributed by atoms with Crippen LogP contribution in [0, 0.1) is 6.92 Å². The van der Waals surface area contributed by atoms with Gasteiger partial charge in [0.2, 0.25) is 0 Å². The maximum absolute atomic E-state index is 12.8. The lowest BCUT2D eigenvalue weighted by molar-refractivity contribution is -0.123. The third kappa shape index (κ3) is 4.59. The van der Waals surface area contributed by atoms with E-state index in [1.54, 1.807) is 12.2 Å². The highest BCUT2D eigenvalue weighted by atomic mass is 79.9. The average molecular weight is 523 g/mol. The highest BCUT2D eigenvalue weighted by molar-refractivity contribution is 9.11. The molecule has 1 fully saturated rings. The summed E-state index contributed by atoms with van der Waals surface area (Å²) in [6, 6.07) is 11.4. The number of carbonyl (C=O) groups excluding carboxylic acids is 2. The van der Waals surface area contributed by atoms with Crippen LogP contribution in [0.5, 0.6) is 5.75 Å². The van der Waals surface area contributed by atoms with Crippen molar-refractivity contribution in [3.63, 3.8) is 0 Å². The van der Waals surface area contributed by atoms with Crippen LogP contribution in [0.2, 0.25) is 0 Å². The van der Waals surface area contributed by atoms with E-state index in [2.05, 4.69) is 38.4 Å². The monoisotopic (exact) mass is 521 g/mol. The fourth-order valence-corrected chi connectivity index (χ4v) is 4.98. The van der Waals surface area contributed by atoms with Crippen LogP contribution >= 0.6 is 43.6 Å². The van der Waals surface area contributed by atoms with Crippen molar-refractivity contribution in [2.75, 3.05) is 6.61 Å². The standard InChI is InChI=1S/C21H17Br2NO3S/c1-3-8-27-19-16(22)9-14(10-17(19)23)11-18-20(25)24(21(26)28-18)12-15-7-5-4-6-13(15)2/h3-7,9-11H,1,8,12H2,2H3/b18-11-. The molecule has 2 amide bonds. The normalized spacial score (nSPS) is 15.4. The molecule has 28 heavy (non-hydrogen) atoms. The predicted octanol–water partition coefficient (Wildman–Crippen LogP) is 6.32. The molecule has 144 valence electrons. The van der Waals surface area contributed by atoms with Crippen LogP contribution in [0.3, 0.4) is 0 Å². The molecule has 0 atom stereocenters. The number of aryl methyl sites for hydroxylation is 1. The molecule has 0 bridgehead atoms. The summed E-state index contributed by atoms with van der Waals surface area (Å²) in [6.07, 6.45) is 3.38. The second-order valence-corrected chi connectivity index (χ2v) is 8.81. The van der Waals surface area contributed by atoms with Crippen molar-refractivity contribution in [1.29, 1.82) is 0 Å². The molecule has 0 saturated carbocycles. The third-order valence-corrected chi connectivity index (χ3v) is 6.21. The first-order valence-electron chi connectivity index (χ1n) is 8.43. The van der Waals surface area contributed by atoms with E-state index in [4.69, 9.17) is 4.74 Å². The summed E-state index contributed by atoms with van der Waals surface area (Å²) in [6.45, 7) is 6.26. The number of amides is 2. The Kier molecular flexibility index (Phi) is 6.80. The van der Waals surface area contributed by atoms with Gasteiger partial charge in [-0.25, -0.2) is 0 Å². The molecule has 2 aromatic carbocycles. The topological polar surface area (TPSA) is 46.6 Å². The highest BCUT2D eigenvalue weighted by Gasteiger charge is 2.35. The molecule has 0 unspecified atom stereocenters. The molecule has 7 heteroatoms. The Morgan fingerprint density at radius 1 is 1.18 bits per heavy atom. The first kappa shape index (κ1) is 20.9. The van der Waals surface area contributed by atoms with Gasteiger partial charge >= 0.3 is 0 Å². The Bertz CT molecular complexity index is 964. The van der Waals surface area contributed by atoms with Gasteiger partial charge in [-0.15, -0.1) is 0 Å². The van der Waals surface area contributed by atoms with Gasteiger partial charge in [-0.1, -0.05) is 36.9 Å². The number of hydrogen-bond acceptors (Lipinski definition) is 4. The van der Waals surface area contributed by atoms with Crippen molar-refractivity contribution in [1.82, 2.24) is 4.90 Å². The van der Waals surface area contributed by atoms with E-state index in [9.17, 15) is 9.59 Å². The summed E-state index contributed by atoms with van der Waals surface area (Å²) in [7, 11) is 0. The largest absolute Gasteiger partial charge is 0.487 e. The summed E-state index contributed by atoms with van der Waals surface area (Å²) in [4.78, 5) is 26.8. The summed E-state index contributed by atoms with van der Waals surface area (Å²) in [5.41, 5.74) is 2.79. The molecule has 0 spiro atoms. The minimum Gasteiger partial charge on any atom is -0.487 e. The maximum atomic E-state index is 12.8. The van der Waals surface area contributed by atoms with E-state index in [1.807, 2.05) is 43.3 Å². The molecular weight excluding hydrogens is 506 g/mol. The molecule has 0 aliphatic carbocycles. The van der Waals surface area contributed by atoms with Gasteiger partial charge in [0.1, 0.15) is 12.4 Å². The van der Waals surface area contributed by atoms with E-state index in [1.165, 1.54) is 4.90 Å². The van der Waals surface area contributed by atoms with Gasteiger partial charge in [0, 0.05) is 0 Å². The Hall–Kier alpha value is -1.83. The first-order valence-corrected chi connectivity index (χ1v) is 10.8. The number of carbonyl (C=O) groups is 2. The SMILES string of the molecule is C=CCOc1c(Br)cc(/C=C2\SC(=O)N(Cc3ccccc3C)C2=O)cc1Br. The number of nitrogens with zero attached hydrogens (tertiary/aromatic N) is 1. The Morgan fingerprint density at radius 2 is 1.86 bits per heavy atom. The summed E-state index contributed by atoms with van der Waals surface area (Å²) >= 11 is 7.92. The van der Waals surface area contributed by atoms with E-state index in [-0.39, 0.29) is 17.7 Å². The van der Waals surface area contributed by atoms with Gasteiger partial charge in [-0.3, -0.25) is 14.5 Å². The molecule has 4 nitrogen and oxygen atoms in total. The number of benzene rings is 2. The maximum Gasteiger partial charge on any atom is 0.293 e. The lowest BCUT2D eigenvalue weighted by atomic mass is 10.1. The average Bonchev–Trinajstić information content (AvgIpc) is 2.90. The second-order valence-electron chi connectivity index (χ2n) is 6.11. The Balaban J connectivity index is 1.83. The van der Waals surface area contributed by atoms with Crippen LogP contribution in [0.25, 0.3) is 6.08 Å². The predicted molar refractivity (Wildman–Crippen MR) is 120 cm³/mol. The molecule has 0 aromatic heterocycles. The Labute approximate surface area is 184 Å². The van der Waals surface area contributed by atoms with Gasteiger partial charge in [-0.2, -0.15) is 0 Å². The second kappa shape index (κ2) is 9.11. The highest BCUT2D eigenvalue weighted by Crippen LogP contribution is 2.38. The van der Waals surface area contributed by atoms with Crippen LogP contribution in [-0.2, 0) is 11.3 Å². The van der Waals surface area contributed by atoms with E-state index in [0.29, 0.717) is 17.3 Å². The first-order chi connectivity index (χ1) is 13.4. The fraction of sp³-hybridized carbons (Fsp3) is 0.143. The number of halogens is 2. The van der Waals surface area contributed by atoms with E-state index >= 15 is 0 Å². The van der Waals surface area contributed by atoms with Crippen molar-refractivity contribution in [2.45, 2.75) is 13.5 Å². The summed E-state index contributed by atoms with van der Waals surface area (Å²) in [5, 5.41) is -0.261. The van der Waals surface area contributed by atoms with Crippen LogP contribution in [-0.4, -0.2) is 22.7 Å². The zero-order valence-corrected chi connectivity index (χ0v) is 19.1. The van der Waals surface area contributed by atoms with Gasteiger partial charge in [0.25, 0.3) is 11.1 Å². The van der Waals surface area contributed by atoms with Gasteiger partial charge < -0.3 is 4.74 Å². The van der Waals surface area contributed by atoms with Crippen LogP contribution < -0.4 is 4.74 Å². The molecule has 0 radical (unpaired) electrons. The summed E-state index contributed by atoms with van der Waals surface area (Å²) < 4.78 is 7.10.